The molecular weight excluding hydrogens is 265 g/mol. The standard InChI is InChI=1S/C10H14BrNO.ClH/c1-2-4-9(12)7-5-3-6-8(11)10(7)13;/h3,5-6,9,13H,2,4,12H2,1H3;1H/t9-;/m0./s1. The number of hydrogen-bond acceptors (Lipinski definition) is 2. The van der Waals surface area contributed by atoms with Crippen LogP contribution in [0.25, 0.3) is 0 Å². The minimum absolute atomic E-state index is 0. The Kier molecular flexibility index (Phi) is 6.16. The van der Waals surface area contributed by atoms with Crippen LogP contribution in [-0.2, 0) is 0 Å². The molecule has 4 heteroatoms. The molecule has 0 aliphatic carbocycles. The Hall–Kier alpha value is -0.250. The molecule has 14 heavy (non-hydrogen) atoms. The summed E-state index contributed by atoms with van der Waals surface area (Å²) in [7, 11) is 0. The van der Waals surface area contributed by atoms with E-state index in [1.165, 1.54) is 0 Å². The fraction of sp³-hybridized carbons (Fsp3) is 0.400. The second-order valence-corrected chi connectivity index (χ2v) is 3.93. The van der Waals surface area contributed by atoms with Crippen molar-refractivity contribution < 1.29 is 5.11 Å². The minimum Gasteiger partial charge on any atom is -0.506 e. The molecule has 0 heterocycles. The van der Waals surface area contributed by atoms with Crippen LogP contribution >= 0.6 is 28.3 Å². The summed E-state index contributed by atoms with van der Waals surface area (Å²) in [5.41, 5.74) is 6.71. The molecule has 0 saturated carbocycles. The van der Waals surface area contributed by atoms with E-state index in [4.69, 9.17) is 5.73 Å². The fourth-order valence-corrected chi connectivity index (χ4v) is 1.68. The molecule has 1 aromatic rings. The van der Waals surface area contributed by atoms with Crippen LogP contribution in [0.4, 0.5) is 0 Å². The lowest BCUT2D eigenvalue weighted by molar-refractivity contribution is 0.454. The summed E-state index contributed by atoms with van der Waals surface area (Å²) in [6.07, 6.45) is 1.91. The highest BCUT2D eigenvalue weighted by Gasteiger charge is 2.11. The number of aromatic hydroxyl groups is 1. The molecule has 0 aliphatic rings. The molecule has 0 aliphatic heterocycles. The maximum absolute atomic E-state index is 9.67. The SMILES string of the molecule is CCC[C@H](N)c1cccc(Br)c1O.Cl. The average molecular weight is 281 g/mol. The molecule has 0 spiro atoms. The van der Waals surface area contributed by atoms with Crippen LogP contribution in [0.3, 0.4) is 0 Å². The summed E-state index contributed by atoms with van der Waals surface area (Å²) in [6.45, 7) is 2.08. The van der Waals surface area contributed by atoms with Gasteiger partial charge in [-0.15, -0.1) is 12.4 Å². The molecular formula is C10H15BrClNO. The number of phenols is 1. The molecule has 1 aromatic carbocycles. The lowest BCUT2D eigenvalue weighted by atomic mass is 10.0. The monoisotopic (exact) mass is 279 g/mol. The Balaban J connectivity index is 0.00000169. The van der Waals surface area contributed by atoms with Gasteiger partial charge in [-0.2, -0.15) is 0 Å². The molecule has 0 saturated heterocycles. The normalized spacial score (nSPS) is 11.9. The van der Waals surface area contributed by atoms with Crippen molar-refractivity contribution >= 4 is 28.3 Å². The molecule has 1 rings (SSSR count). The number of halogens is 2. The van der Waals surface area contributed by atoms with E-state index in [1.54, 1.807) is 6.07 Å². The summed E-state index contributed by atoms with van der Waals surface area (Å²) in [4.78, 5) is 0. The quantitative estimate of drug-likeness (QED) is 0.891. The van der Waals surface area contributed by atoms with Crippen molar-refractivity contribution in [3.63, 3.8) is 0 Å². The van der Waals surface area contributed by atoms with Gasteiger partial charge in [-0.1, -0.05) is 25.5 Å². The Morgan fingerprint density at radius 2 is 2.14 bits per heavy atom. The summed E-state index contributed by atoms with van der Waals surface area (Å²) in [5, 5.41) is 9.67. The van der Waals surface area contributed by atoms with E-state index in [0.29, 0.717) is 4.47 Å². The largest absolute Gasteiger partial charge is 0.506 e. The zero-order valence-electron chi connectivity index (χ0n) is 8.03. The highest BCUT2D eigenvalue weighted by Crippen LogP contribution is 2.32. The van der Waals surface area contributed by atoms with Gasteiger partial charge in [-0.05, 0) is 28.4 Å². The van der Waals surface area contributed by atoms with E-state index in [9.17, 15) is 5.11 Å². The van der Waals surface area contributed by atoms with E-state index in [-0.39, 0.29) is 24.2 Å². The molecule has 1 atom stereocenters. The average Bonchev–Trinajstić information content (AvgIpc) is 2.10. The van der Waals surface area contributed by atoms with Crippen LogP contribution in [0, 0.1) is 0 Å². The van der Waals surface area contributed by atoms with Crippen molar-refractivity contribution in [2.24, 2.45) is 5.73 Å². The van der Waals surface area contributed by atoms with Crippen molar-refractivity contribution in [1.82, 2.24) is 0 Å². The highest BCUT2D eigenvalue weighted by molar-refractivity contribution is 9.10. The zero-order chi connectivity index (χ0) is 9.84. The number of para-hydroxylation sites is 1. The van der Waals surface area contributed by atoms with Gasteiger partial charge in [0.1, 0.15) is 5.75 Å². The van der Waals surface area contributed by atoms with E-state index >= 15 is 0 Å². The zero-order valence-corrected chi connectivity index (χ0v) is 10.4. The first-order valence-electron chi connectivity index (χ1n) is 4.39. The molecule has 80 valence electrons. The number of rotatable bonds is 3. The topological polar surface area (TPSA) is 46.2 Å². The number of hydrogen-bond donors (Lipinski definition) is 2. The van der Waals surface area contributed by atoms with Crippen molar-refractivity contribution in [2.75, 3.05) is 0 Å². The summed E-state index contributed by atoms with van der Waals surface area (Å²) < 4.78 is 0.705. The van der Waals surface area contributed by atoms with E-state index in [1.807, 2.05) is 12.1 Å². The van der Waals surface area contributed by atoms with Gasteiger partial charge in [-0.3, -0.25) is 0 Å². The first-order chi connectivity index (χ1) is 6.16. The molecule has 0 aromatic heterocycles. The van der Waals surface area contributed by atoms with Gasteiger partial charge in [0.25, 0.3) is 0 Å². The van der Waals surface area contributed by atoms with Crippen LogP contribution < -0.4 is 5.73 Å². The Morgan fingerprint density at radius 3 is 2.71 bits per heavy atom. The van der Waals surface area contributed by atoms with Crippen LogP contribution in [0.5, 0.6) is 5.75 Å². The fourth-order valence-electron chi connectivity index (χ4n) is 1.30. The maximum Gasteiger partial charge on any atom is 0.134 e. The Labute approximate surface area is 99.0 Å². The third kappa shape index (κ3) is 3.15. The smallest absolute Gasteiger partial charge is 0.134 e. The molecule has 0 fully saturated rings. The molecule has 2 nitrogen and oxygen atoms in total. The maximum atomic E-state index is 9.67. The van der Waals surface area contributed by atoms with Gasteiger partial charge in [0.05, 0.1) is 4.47 Å². The van der Waals surface area contributed by atoms with Crippen LogP contribution in [0.2, 0.25) is 0 Å². The molecule has 3 N–H and O–H groups in total. The first-order valence-corrected chi connectivity index (χ1v) is 5.19. The lowest BCUT2D eigenvalue weighted by Crippen LogP contribution is -2.09. The van der Waals surface area contributed by atoms with Gasteiger partial charge >= 0.3 is 0 Å². The van der Waals surface area contributed by atoms with Crippen LogP contribution in [-0.4, -0.2) is 5.11 Å². The van der Waals surface area contributed by atoms with Crippen molar-refractivity contribution in [2.45, 2.75) is 25.8 Å². The van der Waals surface area contributed by atoms with Crippen molar-refractivity contribution in [3.8, 4) is 5.75 Å². The molecule has 0 amide bonds. The van der Waals surface area contributed by atoms with Crippen LogP contribution in [0.1, 0.15) is 31.4 Å². The third-order valence-corrected chi connectivity index (χ3v) is 2.66. The first kappa shape index (κ1) is 13.8. The van der Waals surface area contributed by atoms with E-state index in [0.717, 1.165) is 18.4 Å². The van der Waals surface area contributed by atoms with Crippen molar-refractivity contribution in [3.05, 3.63) is 28.2 Å². The van der Waals surface area contributed by atoms with Gasteiger partial charge in [0, 0.05) is 11.6 Å². The van der Waals surface area contributed by atoms with Crippen molar-refractivity contribution in [1.29, 1.82) is 0 Å². The minimum atomic E-state index is -0.0671. The van der Waals surface area contributed by atoms with E-state index < -0.39 is 0 Å². The van der Waals surface area contributed by atoms with Gasteiger partial charge in [-0.25, -0.2) is 0 Å². The second-order valence-electron chi connectivity index (χ2n) is 3.07. The summed E-state index contributed by atoms with van der Waals surface area (Å²) in [5.74, 6) is 0.267. The third-order valence-electron chi connectivity index (χ3n) is 2.02. The predicted octanol–water partition coefficient (Wildman–Crippen LogP) is 3.38. The number of benzene rings is 1. The summed E-state index contributed by atoms with van der Waals surface area (Å²) >= 11 is 3.26. The lowest BCUT2D eigenvalue weighted by Gasteiger charge is -2.13. The number of nitrogens with two attached hydrogens (primary N) is 1. The van der Waals surface area contributed by atoms with Crippen LogP contribution in [0.15, 0.2) is 22.7 Å². The van der Waals surface area contributed by atoms with Gasteiger partial charge < -0.3 is 10.8 Å². The second kappa shape index (κ2) is 6.27. The van der Waals surface area contributed by atoms with Gasteiger partial charge in [0.2, 0.25) is 0 Å². The van der Waals surface area contributed by atoms with Gasteiger partial charge in [0.15, 0.2) is 0 Å². The Morgan fingerprint density at radius 1 is 1.50 bits per heavy atom. The molecule has 0 bridgehead atoms. The number of phenolic OH excluding ortho intramolecular Hbond substituents is 1. The molecule has 0 radical (unpaired) electrons. The highest BCUT2D eigenvalue weighted by atomic mass is 79.9. The van der Waals surface area contributed by atoms with E-state index in [2.05, 4.69) is 22.9 Å². The Bertz CT molecular complexity index is 293. The molecule has 0 unspecified atom stereocenters. The summed E-state index contributed by atoms with van der Waals surface area (Å²) in [6, 6.07) is 5.48. The predicted molar refractivity (Wildman–Crippen MR) is 64.9 cm³/mol.